The molecule has 1 aliphatic rings. The Morgan fingerprint density at radius 1 is 1.47 bits per heavy atom. The van der Waals surface area contributed by atoms with Crippen molar-refractivity contribution in [3.05, 3.63) is 11.6 Å². The maximum Gasteiger partial charge on any atom is 0.307 e. The van der Waals surface area contributed by atoms with E-state index in [1.807, 2.05) is 40.7 Å². The number of hydrogen-bond acceptors (Lipinski definition) is 3. The van der Waals surface area contributed by atoms with E-state index in [2.05, 4.69) is 5.16 Å². The van der Waals surface area contributed by atoms with Gasteiger partial charge in [0.1, 0.15) is 6.10 Å². The van der Waals surface area contributed by atoms with Crippen LogP contribution in [0.4, 0.5) is 0 Å². The highest BCUT2D eigenvalue weighted by atomic mass is 16.6. The van der Waals surface area contributed by atoms with Crippen LogP contribution in [0.3, 0.4) is 0 Å². The molecule has 0 amide bonds. The number of hydrogen-bond donors (Lipinski definition) is 1. The Labute approximate surface area is 102 Å². The van der Waals surface area contributed by atoms with Gasteiger partial charge in [-0.1, -0.05) is 25.1 Å². The summed E-state index contributed by atoms with van der Waals surface area (Å²) < 4.78 is 0. The van der Waals surface area contributed by atoms with E-state index >= 15 is 0 Å². The van der Waals surface area contributed by atoms with E-state index in [0.29, 0.717) is 0 Å². The number of allylic oxidation sites excluding steroid dienone is 2. The first-order valence-electron chi connectivity index (χ1n) is 5.87. The maximum atomic E-state index is 11.0. The Balaban J connectivity index is 2.59. The summed E-state index contributed by atoms with van der Waals surface area (Å²) in [5.74, 6) is -0.915. The molecular formula is C13H21NO3. The molecule has 1 saturated carbocycles. The van der Waals surface area contributed by atoms with Crippen molar-refractivity contribution in [3.63, 3.8) is 0 Å². The van der Waals surface area contributed by atoms with Gasteiger partial charge >= 0.3 is 5.97 Å². The van der Waals surface area contributed by atoms with Crippen molar-refractivity contribution in [1.82, 2.24) is 0 Å². The van der Waals surface area contributed by atoms with Crippen molar-refractivity contribution in [2.24, 2.45) is 22.4 Å². The highest BCUT2D eigenvalue weighted by Crippen LogP contribution is 2.59. The second kappa shape index (κ2) is 4.90. The molecular weight excluding hydrogens is 218 g/mol. The van der Waals surface area contributed by atoms with E-state index < -0.39 is 5.97 Å². The minimum Gasteiger partial charge on any atom is -0.481 e. The molecule has 0 aromatic heterocycles. The van der Waals surface area contributed by atoms with Gasteiger partial charge in [0, 0.05) is 0 Å². The summed E-state index contributed by atoms with van der Waals surface area (Å²) in [6.45, 7) is 9.66. The molecule has 4 nitrogen and oxygen atoms in total. The van der Waals surface area contributed by atoms with Gasteiger partial charge in [-0.15, -0.1) is 0 Å². The van der Waals surface area contributed by atoms with Crippen LogP contribution in [0.1, 0.15) is 34.6 Å². The fourth-order valence-electron chi connectivity index (χ4n) is 2.02. The molecule has 1 fully saturated rings. The summed E-state index contributed by atoms with van der Waals surface area (Å²) in [5, 5.41) is 12.9. The van der Waals surface area contributed by atoms with E-state index in [1.165, 1.54) is 0 Å². The number of rotatable bonds is 5. The molecule has 0 radical (unpaired) electrons. The predicted molar refractivity (Wildman–Crippen MR) is 66.9 cm³/mol. The fraction of sp³-hybridized carbons (Fsp3) is 0.692. The van der Waals surface area contributed by atoms with Crippen LogP contribution in [-0.2, 0) is 9.63 Å². The van der Waals surface area contributed by atoms with E-state index in [-0.39, 0.29) is 23.4 Å². The zero-order chi connectivity index (χ0) is 13.2. The summed E-state index contributed by atoms with van der Waals surface area (Å²) in [5.41, 5.74) is 0.785. The molecule has 0 unspecified atom stereocenters. The van der Waals surface area contributed by atoms with E-state index in [9.17, 15) is 4.79 Å². The average molecular weight is 239 g/mol. The normalized spacial score (nSPS) is 27.5. The number of carbonyl (C=O) groups is 1. The standard InChI is InChI=1S/C13H21NO3/c1-8(2)17-14-7-9(3)6-10-11(12(15)16)13(10,4)5/h6-8,10-11H,1-5H3,(H,15,16)/t10-,11+/m1/s1. The highest BCUT2D eigenvalue weighted by Gasteiger charge is 2.60. The molecule has 17 heavy (non-hydrogen) atoms. The molecule has 1 rings (SSSR count). The van der Waals surface area contributed by atoms with Gasteiger partial charge in [0.05, 0.1) is 12.1 Å². The molecule has 0 saturated heterocycles. The topological polar surface area (TPSA) is 58.9 Å². The first kappa shape index (κ1) is 13.7. The van der Waals surface area contributed by atoms with Gasteiger partial charge in [0.2, 0.25) is 0 Å². The lowest BCUT2D eigenvalue weighted by Crippen LogP contribution is -2.03. The molecule has 1 aliphatic carbocycles. The summed E-state index contributed by atoms with van der Waals surface area (Å²) in [4.78, 5) is 16.0. The van der Waals surface area contributed by atoms with Crippen LogP contribution in [0.25, 0.3) is 0 Å². The molecule has 0 aromatic carbocycles. The molecule has 0 heterocycles. The van der Waals surface area contributed by atoms with Gasteiger partial charge < -0.3 is 9.94 Å². The second-order valence-electron chi connectivity index (χ2n) is 5.46. The van der Waals surface area contributed by atoms with E-state index in [4.69, 9.17) is 9.94 Å². The van der Waals surface area contributed by atoms with Gasteiger partial charge in [0.15, 0.2) is 0 Å². The average Bonchev–Trinajstić information content (AvgIpc) is 2.67. The molecule has 0 aliphatic heterocycles. The zero-order valence-corrected chi connectivity index (χ0v) is 11.1. The smallest absolute Gasteiger partial charge is 0.307 e. The van der Waals surface area contributed by atoms with Crippen LogP contribution >= 0.6 is 0 Å². The third-order valence-electron chi connectivity index (χ3n) is 3.15. The lowest BCUT2D eigenvalue weighted by atomic mass is 10.1. The third kappa shape index (κ3) is 3.32. The van der Waals surface area contributed by atoms with Gasteiger partial charge in [-0.2, -0.15) is 0 Å². The highest BCUT2D eigenvalue weighted by molar-refractivity contribution is 5.80. The van der Waals surface area contributed by atoms with Crippen LogP contribution in [0.15, 0.2) is 16.8 Å². The van der Waals surface area contributed by atoms with Crippen LogP contribution in [0, 0.1) is 17.3 Å². The van der Waals surface area contributed by atoms with Crippen LogP contribution in [0.2, 0.25) is 0 Å². The minimum atomic E-state index is -0.723. The van der Waals surface area contributed by atoms with Crippen LogP contribution in [-0.4, -0.2) is 23.4 Å². The second-order valence-corrected chi connectivity index (χ2v) is 5.46. The van der Waals surface area contributed by atoms with Crippen molar-refractivity contribution in [2.75, 3.05) is 0 Å². The zero-order valence-electron chi connectivity index (χ0n) is 11.1. The Kier molecular flexibility index (Phi) is 3.96. The van der Waals surface area contributed by atoms with Crippen molar-refractivity contribution in [3.8, 4) is 0 Å². The van der Waals surface area contributed by atoms with Gasteiger partial charge in [-0.25, -0.2) is 0 Å². The van der Waals surface area contributed by atoms with Crippen LogP contribution < -0.4 is 0 Å². The summed E-state index contributed by atoms with van der Waals surface area (Å²) in [7, 11) is 0. The Morgan fingerprint density at radius 2 is 2.06 bits per heavy atom. The summed E-state index contributed by atoms with van der Waals surface area (Å²) >= 11 is 0. The minimum absolute atomic E-state index is 0.0585. The lowest BCUT2D eigenvalue weighted by Gasteiger charge is -2.00. The summed E-state index contributed by atoms with van der Waals surface area (Å²) in [6, 6.07) is 0. The number of aliphatic carboxylic acids is 1. The summed E-state index contributed by atoms with van der Waals surface area (Å²) in [6.07, 6.45) is 3.66. The SMILES string of the molecule is CC(C=NOC(C)C)=C[C@@H]1[C@@H](C(=O)O)C1(C)C. The largest absolute Gasteiger partial charge is 0.481 e. The number of carboxylic acid groups (broad SMARTS) is 1. The van der Waals surface area contributed by atoms with Crippen molar-refractivity contribution in [2.45, 2.75) is 40.7 Å². The van der Waals surface area contributed by atoms with Gasteiger partial charge in [-0.3, -0.25) is 4.79 Å². The molecule has 0 spiro atoms. The monoisotopic (exact) mass is 239 g/mol. The number of oxime groups is 1. The van der Waals surface area contributed by atoms with E-state index in [1.54, 1.807) is 6.21 Å². The molecule has 96 valence electrons. The Bertz CT molecular complexity index is 356. The lowest BCUT2D eigenvalue weighted by molar-refractivity contribution is -0.139. The fourth-order valence-corrected chi connectivity index (χ4v) is 2.02. The third-order valence-corrected chi connectivity index (χ3v) is 3.15. The first-order valence-corrected chi connectivity index (χ1v) is 5.87. The number of carboxylic acids is 1. The molecule has 4 heteroatoms. The van der Waals surface area contributed by atoms with Gasteiger partial charge in [0.25, 0.3) is 0 Å². The first-order chi connectivity index (χ1) is 7.76. The predicted octanol–water partition coefficient (Wildman–Crippen LogP) is 2.70. The number of nitrogens with zero attached hydrogens (tertiary/aromatic N) is 1. The maximum absolute atomic E-state index is 11.0. The Hall–Kier alpha value is -1.32. The van der Waals surface area contributed by atoms with Crippen molar-refractivity contribution < 1.29 is 14.7 Å². The molecule has 0 aromatic rings. The van der Waals surface area contributed by atoms with Crippen molar-refractivity contribution >= 4 is 12.2 Å². The molecule has 2 atom stereocenters. The van der Waals surface area contributed by atoms with Gasteiger partial charge in [-0.05, 0) is 37.7 Å². The Morgan fingerprint density at radius 3 is 2.47 bits per heavy atom. The van der Waals surface area contributed by atoms with Crippen molar-refractivity contribution in [1.29, 1.82) is 0 Å². The molecule has 1 N–H and O–H groups in total. The quantitative estimate of drug-likeness (QED) is 0.592. The van der Waals surface area contributed by atoms with E-state index in [0.717, 1.165) is 5.57 Å². The van der Waals surface area contributed by atoms with Crippen LogP contribution in [0.5, 0.6) is 0 Å². The molecule has 0 bridgehead atoms.